The van der Waals surface area contributed by atoms with E-state index >= 15 is 0 Å². The Morgan fingerprint density at radius 1 is 0.815 bits per heavy atom. The monoisotopic (exact) mass is 420 g/mol. The Balaban J connectivity index is 1.60. The molecule has 1 heterocycles. The molecule has 0 unspecified atom stereocenters. The molecule has 0 amide bonds. The van der Waals surface area contributed by atoms with Gasteiger partial charge in [-0.3, -0.25) is 0 Å². The number of esters is 1. The molecule has 4 heteroatoms. The first-order valence-electron chi connectivity index (χ1n) is 8.63. The average Bonchev–Trinajstić information content (AvgIpc) is 3.10. The van der Waals surface area contributed by atoms with Crippen molar-refractivity contribution in [1.82, 2.24) is 0 Å². The van der Waals surface area contributed by atoms with Crippen molar-refractivity contribution in [3.05, 3.63) is 101 Å². The molecular formula is C23H17BrO3. The van der Waals surface area contributed by atoms with Crippen LogP contribution in [0.25, 0.3) is 16.7 Å². The van der Waals surface area contributed by atoms with E-state index in [0.29, 0.717) is 11.1 Å². The van der Waals surface area contributed by atoms with Crippen LogP contribution >= 0.6 is 15.9 Å². The van der Waals surface area contributed by atoms with Crippen LogP contribution in [0.5, 0.6) is 0 Å². The van der Waals surface area contributed by atoms with Crippen LogP contribution < -0.4 is 0 Å². The number of carbonyl (C=O) groups is 1. The molecule has 134 valence electrons. The van der Waals surface area contributed by atoms with Crippen molar-refractivity contribution in [2.45, 2.75) is 12.2 Å². The van der Waals surface area contributed by atoms with Crippen LogP contribution in [-0.2, 0) is 9.53 Å². The average molecular weight is 421 g/mol. The van der Waals surface area contributed by atoms with Crippen LogP contribution in [-0.4, -0.2) is 17.2 Å². The molecule has 0 fully saturated rings. The zero-order chi connectivity index (χ0) is 18.8. The highest BCUT2D eigenvalue weighted by molar-refractivity contribution is 9.10. The van der Waals surface area contributed by atoms with E-state index in [9.17, 15) is 9.90 Å². The second-order valence-corrected chi connectivity index (χ2v) is 7.31. The Labute approximate surface area is 166 Å². The SMILES string of the molecule is O=C1C=C(c2ccc(Br)cc2)[C@@H]([C@H](O)c2ccc(-c3ccccc3)cc2)O1. The summed E-state index contributed by atoms with van der Waals surface area (Å²) in [6.07, 6.45) is -0.201. The van der Waals surface area contributed by atoms with Crippen LogP contribution in [0, 0.1) is 0 Å². The fourth-order valence-corrected chi connectivity index (χ4v) is 3.50. The molecule has 0 aromatic heterocycles. The van der Waals surface area contributed by atoms with Crippen LogP contribution in [0.1, 0.15) is 17.2 Å². The third-order valence-corrected chi connectivity index (χ3v) is 5.18. The topological polar surface area (TPSA) is 46.5 Å². The standard InChI is InChI=1S/C23H17BrO3/c24-19-12-10-17(11-13-19)20-14-21(25)27-23(20)22(26)18-8-6-16(7-9-18)15-4-2-1-3-5-15/h1-14,22-23,26H/t22-,23+/m1/s1. The molecule has 0 bridgehead atoms. The number of halogens is 1. The molecule has 0 saturated heterocycles. The second kappa shape index (κ2) is 7.51. The number of hydrogen-bond acceptors (Lipinski definition) is 3. The number of aliphatic hydroxyl groups is 1. The lowest BCUT2D eigenvalue weighted by Crippen LogP contribution is -2.21. The number of cyclic esters (lactones) is 1. The van der Waals surface area contributed by atoms with Crippen LogP contribution in [0.4, 0.5) is 0 Å². The summed E-state index contributed by atoms with van der Waals surface area (Å²) in [4.78, 5) is 11.9. The van der Waals surface area contributed by atoms with Gasteiger partial charge in [-0.05, 0) is 34.4 Å². The summed E-state index contributed by atoms with van der Waals surface area (Å²) in [7, 11) is 0. The van der Waals surface area contributed by atoms with Gasteiger partial charge in [0.05, 0.1) is 0 Å². The summed E-state index contributed by atoms with van der Waals surface area (Å²) >= 11 is 3.41. The van der Waals surface area contributed by atoms with E-state index in [0.717, 1.165) is 21.2 Å². The molecule has 1 aliphatic rings. The van der Waals surface area contributed by atoms with Gasteiger partial charge in [0.15, 0.2) is 6.10 Å². The molecule has 4 rings (SSSR count). The molecule has 2 atom stereocenters. The number of rotatable bonds is 4. The van der Waals surface area contributed by atoms with E-state index < -0.39 is 18.2 Å². The fraction of sp³-hybridized carbons (Fsp3) is 0.0870. The second-order valence-electron chi connectivity index (χ2n) is 6.40. The van der Waals surface area contributed by atoms with Gasteiger partial charge in [0.1, 0.15) is 6.10 Å². The van der Waals surface area contributed by atoms with E-state index in [1.165, 1.54) is 6.08 Å². The Bertz CT molecular complexity index is 976. The van der Waals surface area contributed by atoms with E-state index in [1.807, 2.05) is 78.9 Å². The quantitative estimate of drug-likeness (QED) is 0.592. The lowest BCUT2D eigenvalue weighted by Gasteiger charge is -2.21. The number of ether oxygens (including phenoxy) is 1. The Morgan fingerprint density at radius 3 is 2.07 bits per heavy atom. The molecule has 3 nitrogen and oxygen atoms in total. The molecule has 1 N–H and O–H groups in total. The van der Waals surface area contributed by atoms with Crippen LogP contribution in [0.15, 0.2) is 89.4 Å². The third-order valence-electron chi connectivity index (χ3n) is 4.65. The first kappa shape index (κ1) is 17.7. The van der Waals surface area contributed by atoms with Crippen molar-refractivity contribution >= 4 is 27.5 Å². The fourth-order valence-electron chi connectivity index (χ4n) is 3.23. The molecule has 0 saturated carbocycles. The van der Waals surface area contributed by atoms with Crippen molar-refractivity contribution in [2.75, 3.05) is 0 Å². The molecule has 0 radical (unpaired) electrons. The summed E-state index contributed by atoms with van der Waals surface area (Å²) in [6.45, 7) is 0. The van der Waals surface area contributed by atoms with Gasteiger partial charge in [-0.2, -0.15) is 0 Å². The maximum atomic E-state index is 11.9. The number of benzene rings is 3. The van der Waals surface area contributed by atoms with Gasteiger partial charge in [-0.1, -0.05) is 82.7 Å². The predicted molar refractivity (Wildman–Crippen MR) is 109 cm³/mol. The third kappa shape index (κ3) is 3.72. The molecule has 3 aromatic carbocycles. The van der Waals surface area contributed by atoms with E-state index in [1.54, 1.807) is 0 Å². The summed E-state index contributed by atoms with van der Waals surface area (Å²) in [6, 6.07) is 25.3. The van der Waals surface area contributed by atoms with Gasteiger partial charge in [-0.15, -0.1) is 0 Å². The van der Waals surface area contributed by atoms with Crippen LogP contribution in [0.2, 0.25) is 0 Å². The van der Waals surface area contributed by atoms with Crippen molar-refractivity contribution in [3.63, 3.8) is 0 Å². The Morgan fingerprint density at radius 2 is 1.41 bits per heavy atom. The largest absolute Gasteiger partial charge is 0.451 e. The van der Waals surface area contributed by atoms with E-state index in [-0.39, 0.29) is 0 Å². The Kier molecular flexibility index (Phi) is 4.92. The minimum atomic E-state index is -0.934. The highest BCUT2D eigenvalue weighted by Gasteiger charge is 2.34. The number of hydrogen-bond donors (Lipinski definition) is 1. The zero-order valence-corrected chi connectivity index (χ0v) is 16.0. The maximum absolute atomic E-state index is 11.9. The smallest absolute Gasteiger partial charge is 0.331 e. The van der Waals surface area contributed by atoms with Crippen LogP contribution in [0.3, 0.4) is 0 Å². The van der Waals surface area contributed by atoms with Gasteiger partial charge < -0.3 is 9.84 Å². The van der Waals surface area contributed by atoms with Gasteiger partial charge in [-0.25, -0.2) is 4.79 Å². The molecule has 0 spiro atoms. The lowest BCUT2D eigenvalue weighted by molar-refractivity contribution is -0.142. The van der Waals surface area contributed by atoms with E-state index in [4.69, 9.17) is 4.74 Å². The van der Waals surface area contributed by atoms with Gasteiger partial charge in [0.25, 0.3) is 0 Å². The lowest BCUT2D eigenvalue weighted by atomic mass is 9.93. The molecule has 1 aliphatic heterocycles. The van der Waals surface area contributed by atoms with Gasteiger partial charge >= 0.3 is 5.97 Å². The summed E-state index contributed by atoms with van der Waals surface area (Å²) in [5.41, 5.74) is 4.43. The molecule has 3 aromatic rings. The Hall–Kier alpha value is -2.69. The first-order valence-corrected chi connectivity index (χ1v) is 9.43. The summed E-state index contributed by atoms with van der Waals surface area (Å²) < 4.78 is 6.35. The minimum Gasteiger partial charge on any atom is -0.451 e. The number of carbonyl (C=O) groups excluding carboxylic acids is 1. The number of aliphatic hydroxyl groups excluding tert-OH is 1. The molecule has 27 heavy (non-hydrogen) atoms. The molecule has 0 aliphatic carbocycles. The van der Waals surface area contributed by atoms with Crippen molar-refractivity contribution in [1.29, 1.82) is 0 Å². The van der Waals surface area contributed by atoms with Gasteiger partial charge in [0.2, 0.25) is 0 Å². The maximum Gasteiger partial charge on any atom is 0.331 e. The van der Waals surface area contributed by atoms with E-state index in [2.05, 4.69) is 15.9 Å². The first-order chi connectivity index (χ1) is 13.1. The highest BCUT2D eigenvalue weighted by atomic mass is 79.9. The predicted octanol–water partition coefficient (Wildman–Crippen LogP) is 5.16. The normalized spacial score (nSPS) is 17.3. The van der Waals surface area contributed by atoms with Crippen molar-refractivity contribution in [2.24, 2.45) is 0 Å². The summed E-state index contributed by atoms with van der Waals surface area (Å²) in [5, 5.41) is 10.9. The van der Waals surface area contributed by atoms with Crippen molar-refractivity contribution in [3.8, 4) is 11.1 Å². The molecular weight excluding hydrogens is 404 g/mol. The van der Waals surface area contributed by atoms with Crippen molar-refractivity contribution < 1.29 is 14.6 Å². The minimum absolute atomic E-state index is 0.433. The summed E-state index contributed by atoms with van der Waals surface area (Å²) in [5.74, 6) is -0.433. The zero-order valence-electron chi connectivity index (χ0n) is 14.4. The highest BCUT2D eigenvalue weighted by Crippen LogP contribution is 2.35. The van der Waals surface area contributed by atoms with Gasteiger partial charge in [0, 0.05) is 16.1 Å².